The van der Waals surface area contributed by atoms with E-state index < -0.39 is 0 Å². The molecule has 0 unspecified atom stereocenters. The van der Waals surface area contributed by atoms with E-state index in [0.29, 0.717) is 43.2 Å². The summed E-state index contributed by atoms with van der Waals surface area (Å²) in [5.74, 6) is -0.000595. The number of carbonyl (C=O) groups is 3. The highest BCUT2D eigenvalue weighted by molar-refractivity contribution is 6.23. The van der Waals surface area contributed by atoms with Gasteiger partial charge >= 0.3 is 0 Å². The molecule has 6 rings (SSSR count). The molecule has 1 saturated heterocycles. The van der Waals surface area contributed by atoms with E-state index in [0.717, 1.165) is 29.7 Å². The van der Waals surface area contributed by atoms with Crippen molar-refractivity contribution in [2.75, 3.05) is 31.1 Å². The van der Waals surface area contributed by atoms with Gasteiger partial charge in [-0.3, -0.25) is 24.3 Å². The first-order valence-electron chi connectivity index (χ1n) is 13.6. The smallest absolute Gasteiger partial charge is 0.263 e. The summed E-state index contributed by atoms with van der Waals surface area (Å²) in [7, 11) is 0. The van der Waals surface area contributed by atoms with E-state index in [4.69, 9.17) is 0 Å². The van der Waals surface area contributed by atoms with Gasteiger partial charge in [0.2, 0.25) is 5.91 Å². The number of nitrogens with zero attached hydrogens (tertiary/aromatic N) is 4. The Morgan fingerprint density at radius 3 is 2.26 bits per heavy atom. The molecule has 0 spiro atoms. The summed E-state index contributed by atoms with van der Waals surface area (Å²) < 4.78 is 0. The molecule has 2 aliphatic heterocycles. The van der Waals surface area contributed by atoms with Crippen molar-refractivity contribution in [1.82, 2.24) is 14.8 Å². The number of fused-ring (bicyclic) bond motifs is 1. The van der Waals surface area contributed by atoms with Crippen LogP contribution in [0.4, 0.5) is 5.69 Å². The Kier molecular flexibility index (Phi) is 6.66. The number of hydrogen-bond donors (Lipinski definition) is 0. The van der Waals surface area contributed by atoms with Crippen molar-refractivity contribution in [2.24, 2.45) is 5.92 Å². The minimum Gasteiger partial charge on any atom is -0.367 e. The number of hydrogen-bond acceptors (Lipinski definition) is 5. The van der Waals surface area contributed by atoms with Gasteiger partial charge in [0.1, 0.15) is 0 Å². The molecule has 3 aliphatic rings. The van der Waals surface area contributed by atoms with E-state index in [2.05, 4.69) is 22.0 Å². The third-order valence-electron chi connectivity index (χ3n) is 8.30. The van der Waals surface area contributed by atoms with Gasteiger partial charge in [-0.05, 0) is 54.2 Å². The molecule has 7 heteroatoms. The quantitative estimate of drug-likeness (QED) is 0.459. The molecule has 1 aromatic heterocycles. The number of anilines is 1. The van der Waals surface area contributed by atoms with Gasteiger partial charge in [0.25, 0.3) is 11.8 Å². The number of aromatic nitrogens is 1. The fourth-order valence-electron chi connectivity index (χ4n) is 6.33. The van der Waals surface area contributed by atoms with Crippen LogP contribution in [0, 0.1) is 5.92 Å². The molecule has 2 aromatic carbocycles. The van der Waals surface area contributed by atoms with Gasteiger partial charge in [0.15, 0.2) is 0 Å². The number of rotatable bonds is 6. The van der Waals surface area contributed by atoms with Crippen molar-refractivity contribution in [3.05, 3.63) is 95.3 Å². The molecule has 1 saturated carbocycles. The Bertz CT molecular complexity index is 1330. The van der Waals surface area contributed by atoms with E-state index >= 15 is 0 Å². The number of piperazine rings is 1. The molecule has 2 fully saturated rings. The Morgan fingerprint density at radius 2 is 1.55 bits per heavy atom. The highest BCUT2D eigenvalue weighted by Crippen LogP contribution is 2.39. The third kappa shape index (κ3) is 4.46. The van der Waals surface area contributed by atoms with Crippen molar-refractivity contribution < 1.29 is 14.4 Å². The highest BCUT2D eigenvalue weighted by atomic mass is 16.2. The molecule has 7 nitrogen and oxygen atoms in total. The van der Waals surface area contributed by atoms with Crippen LogP contribution in [0.25, 0.3) is 0 Å². The molecular formula is C31H32N4O3. The number of imide groups is 1. The summed E-state index contributed by atoms with van der Waals surface area (Å²) in [5.41, 5.74) is 3.68. The Balaban J connectivity index is 1.18. The summed E-state index contributed by atoms with van der Waals surface area (Å²) in [4.78, 5) is 49.9. The predicted molar refractivity (Wildman–Crippen MR) is 145 cm³/mol. The van der Waals surface area contributed by atoms with E-state index in [1.165, 1.54) is 17.7 Å². The normalized spacial score (nSPS) is 18.7. The number of carbonyl (C=O) groups excluding carboxylic acids is 3. The maximum atomic E-state index is 13.8. The Hall–Kier alpha value is -4.00. The van der Waals surface area contributed by atoms with Gasteiger partial charge in [-0.1, -0.05) is 49.2 Å². The summed E-state index contributed by atoms with van der Waals surface area (Å²) in [6.07, 6.45) is 7.92. The van der Waals surface area contributed by atoms with Gasteiger partial charge in [-0.25, -0.2) is 0 Å². The fraction of sp³-hybridized carbons (Fsp3) is 0.355. The monoisotopic (exact) mass is 508 g/mol. The largest absolute Gasteiger partial charge is 0.367 e. The van der Waals surface area contributed by atoms with Crippen LogP contribution in [0.5, 0.6) is 0 Å². The van der Waals surface area contributed by atoms with Crippen molar-refractivity contribution in [1.29, 1.82) is 0 Å². The standard InChI is InChI=1S/C31H32N4O3/c36-29-25-11-6-12-26(28(25)31(38)35(29)21-22-13-15-32-16-14-22)33-17-19-34(20-18-33)30(37)27(24-9-4-5-10-24)23-7-2-1-3-8-23/h1-3,6-8,11-16,24,27H,4-5,9-10,17-21H2/t27-/m0/s1. The van der Waals surface area contributed by atoms with Crippen molar-refractivity contribution in [3.63, 3.8) is 0 Å². The molecule has 38 heavy (non-hydrogen) atoms. The third-order valence-corrected chi connectivity index (χ3v) is 8.30. The predicted octanol–water partition coefficient (Wildman–Crippen LogP) is 4.50. The topological polar surface area (TPSA) is 73.8 Å². The first kappa shape index (κ1) is 24.3. The second kappa shape index (κ2) is 10.4. The summed E-state index contributed by atoms with van der Waals surface area (Å²) in [6.45, 7) is 2.67. The minimum atomic E-state index is -0.264. The molecule has 3 heterocycles. The van der Waals surface area contributed by atoms with Crippen LogP contribution in [0.15, 0.2) is 73.1 Å². The first-order valence-corrected chi connectivity index (χ1v) is 13.6. The second-order valence-corrected chi connectivity index (χ2v) is 10.5. The zero-order valence-corrected chi connectivity index (χ0v) is 21.5. The van der Waals surface area contributed by atoms with E-state index in [1.54, 1.807) is 18.5 Å². The molecule has 1 atom stereocenters. The zero-order valence-electron chi connectivity index (χ0n) is 21.5. The Morgan fingerprint density at radius 1 is 0.842 bits per heavy atom. The van der Waals surface area contributed by atoms with Gasteiger partial charge in [-0.15, -0.1) is 0 Å². The molecule has 3 amide bonds. The van der Waals surface area contributed by atoms with Crippen molar-refractivity contribution in [3.8, 4) is 0 Å². The van der Waals surface area contributed by atoms with E-state index in [-0.39, 0.29) is 30.2 Å². The molecule has 0 bridgehead atoms. The summed E-state index contributed by atoms with van der Waals surface area (Å²) in [5, 5.41) is 0. The lowest BCUT2D eigenvalue weighted by Crippen LogP contribution is -2.51. The van der Waals surface area contributed by atoms with Crippen LogP contribution in [-0.4, -0.2) is 58.7 Å². The number of pyridine rings is 1. The lowest BCUT2D eigenvalue weighted by Gasteiger charge is -2.39. The SMILES string of the molecule is O=C([C@@H](c1ccccc1)C1CCCC1)N1CCN(c2cccc3c2C(=O)N(Cc2ccncc2)C3=O)CC1. The lowest BCUT2D eigenvalue weighted by molar-refractivity contribution is -0.134. The van der Waals surface area contributed by atoms with Crippen LogP contribution >= 0.6 is 0 Å². The van der Waals surface area contributed by atoms with E-state index in [9.17, 15) is 14.4 Å². The Labute approximate surface area is 223 Å². The molecule has 0 radical (unpaired) electrons. The van der Waals surface area contributed by atoms with Gasteiger partial charge in [-0.2, -0.15) is 0 Å². The fourth-order valence-corrected chi connectivity index (χ4v) is 6.33. The van der Waals surface area contributed by atoms with Crippen LogP contribution in [0.1, 0.15) is 63.4 Å². The molecule has 3 aromatic rings. The molecule has 0 N–H and O–H groups in total. The zero-order chi connectivity index (χ0) is 26.1. The molecule has 1 aliphatic carbocycles. The average molecular weight is 509 g/mol. The molecular weight excluding hydrogens is 476 g/mol. The number of amides is 3. The summed E-state index contributed by atoms with van der Waals surface area (Å²) >= 11 is 0. The van der Waals surface area contributed by atoms with Crippen molar-refractivity contribution >= 4 is 23.4 Å². The van der Waals surface area contributed by atoms with Crippen LogP contribution in [0.3, 0.4) is 0 Å². The first-order chi connectivity index (χ1) is 18.6. The molecule has 194 valence electrons. The summed E-state index contributed by atoms with van der Waals surface area (Å²) in [6, 6.07) is 19.3. The van der Waals surface area contributed by atoms with Gasteiger partial charge in [0.05, 0.1) is 29.3 Å². The lowest BCUT2D eigenvalue weighted by atomic mass is 9.83. The maximum absolute atomic E-state index is 13.8. The van der Waals surface area contributed by atoms with Crippen LogP contribution < -0.4 is 4.90 Å². The maximum Gasteiger partial charge on any atom is 0.263 e. The van der Waals surface area contributed by atoms with E-state index in [1.807, 2.05) is 47.4 Å². The average Bonchev–Trinajstić information content (AvgIpc) is 3.58. The van der Waals surface area contributed by atoms with Crippen molar-refractivity contribution in [2.45, 2.75) is 38.1 Å². The van der Waals surface area contributed by atoms with Crippen LogP contribution in [-0.2, 0) is 11.3 Å². The van der Waals surface area contributed by atoms with Crippen LogP contribution in [0.2, 0.25) is 0 Å². The number of benzene rings is 2. The van der Waals surface area contributed by atoms with Gasteiger partial charge in [0, 0.05) is 38.6 Å². The van der Waals surface area contributed by atoms with Gasteiger partial charge < -0.3 is 9.80 Å². The minimum absolute atomic E-state index is 0.0906. The highest BCUT2D eigenvalue weighted by Gasteiger charge is 2.40. The second-order valence-electron chi connectivity index (χ2n) is 10.5.